The number of nitrogens with zero attached hydrogens (tertiary/aromatic N) is 2. The van der Waals surface area contributed by atoms with Crippen LogP contribution in [0.2, 0.25) is 0 Å². The highest BCUT2D eigenvalue weighted by Gasteiger charge is 2.53. The number of H-pyrrole nitrogens is 1. The fourth-order valence-corrected chi connectivity index (χ4v) is 4.28. The standard InChI is InChI=1S/C20H25N3O2/c1-13(2)8-10-22-12-17(24)23-11-9-15-14-6-4-5-7-16(14)21-18(15)20(23,3)19(22)25/h4-7,13,21H,8-12H2,1-3H3/t20-/m1/s1. The lowest BCUT2D eigenvalue weighted by Gasteiger charge is -2.49. The number of hydrogen-bond acceptors (Lipinski definition) is 2. The number of piperazine rings is 1. The van der Waals surface area contributed by atoms with Crippen LogP contribution in [0.25, 0.3) is 10.9 Å². The summed E-state index contributed by atoms with van der Waals surface area (Å²) >= 11 is 0. The smallest absolute Gasteiger partial charge is 0.254 e. The van der Waals surface area contributed by atoms with Crippen LogP contribution in [0, 0.1) is 5.92 Å². The summed E-state index contributed by atoms with van der Waals surface area (Å²) in [6.07, 6.45) is 1.70. The van der Waals surface area contributed by atoms with Gasteiger partial charge in [-0.2, -0.15) is 0 Å². The summed E-state index contributed by atoms with van der Waals surface area (Å²) in [5.41, 5.74) is 2.20. The largest absolute Gasteiger partial charge is 0.356 e. The lowest BCUT2D eigenvalue weighted by atomic mass is 9.83. The number of carbonyl (C=O) groups excluding carboxylic acids is 2. The van der Waals surface area contributed by atoms with Crippen LogP contribution in [-0.2, 0) is 21.5 Å². The van der Waals surface area contributed by atoms with Gasteiger partial charge in [0.05, 0.1) is 12.2 Å². The summed E-state index contributed by atoms with van der Waals surface area (Å²) in [5, 5.41) is 1.16. The van der Waals surface area contributed by atoms with Gasteiger partial charge in [-0.3, -0.25) is 9.59 Å². The van der Waals surface area contributed by atoms with E-state index in [0.717, 1.165) is 29.4 Å². The third-order valence-corrected chi connectivity index (χ3v) is 5.73. The molecule has 2 amide bonds. The second-order valence-corrected chi connectivity index (χ2v) is 7.80. The molecule has 4 rings (SSSR count). The lowest BCUT2D eigenvalue weighted by Crippen LogP contribution is -2.67. The number of para-hydroxylation sites is 1. The van der Waals surface area contributed by atoms with Gasteiger partial charge >= 0.3 is 0 Å². The molecule has 2 aliphatic heterocycles. The molecule has 1 aromatic carbocycles. The van der Waals surface area contributed by atoms with Crippen LogP contribution in [0.15, 0.2) is 24.3 Å². The average molecular weight is 339 g/mol. The van der Waals surface area contributed by atoms with E-state index >= 15 is 0 Å². The lowest BCUT2D eigenvalue weighted by molar-refractivity contribution is -0.166. The summed E-state index contributed by atoms with van der Waals surface area (Å²) in [6.45, 7) is 7.63. The Labute approximate surface area is 148 Å². The zero-order valence-corrected chi connectivity index (χ0v) is 15.1. The molecule has 2 aromatic rings. The summed E-state index contributed by atoms with van der Waals surface area (Å²) in [4.78, 5) is 33.1. The van der Waals surface area contributed by atoms with Crippen molar-refractivity contribution in [2.75, 3.05) is 19.6 Å². The van der Waals surface area contributed by atoms with Gasteiger partial charge in [-0.05, 0) is 37.3 Å². The van der Waals surface area contributed by atoms with Crippen LogP contribution in [0.5, 0.6) is 0 Å². The Kier molecular flexibility index (Phi) is 3.63. The minimum absolute atomic E-state index is 0.0419. The van der Waals surface area contributed by atoms with E-state index in [4.69, 9.17) is 0 Å². The molecule has 1 atom stereocenters. The second kappa shape index (κ2) is 5.61. The van der Waals surface area contributed by atoms with Gasteiger partial charge in [0, 0.05) is 24.0 Å². The van der Waals surface area contributed by atoms with E-state index in [1.807, 2.05) is 25.1 Å². The highest BCUT2D eigenvalue weighted by molar-refractivity contribution is 6.00. The van der Waals surface area contributed by atoms with Gasteiger partial charge in [0.25, 0.3) is 5.91 Å². The van der Waals surface area contributed by atoms with Crippen molar-refractivity contribution in [3.8, 4) is 0 Å². The van der Waals surface area contributed by atoms with E-state index in [-0.39, 0.29) is 18.4 Å². The third kappa shape index (κ3) is 2.29. The molecule has 0 bridgehead atoms. The second-order valence-electron chi connectivity index (χ2n) is 7.80. The van der Waals surface area contributed by atoms with Crippen molar-refractivity contribution < 1.29 is 9.59 Å². The first-order valence-corrected chi connectivity index (χ1v) is 9.13. The fraction of sp³-hybridized carbons (Fsp3) is 0.500. The Hall–Kier alpha value is -2.30. The topological polar surface area (TPSA) is 56.4 Å². The molecule has 1 aromatic heterocycles. The molecule has 0 spiro atoms. The predicted octanol–water partition coefficient (Wildman–Crippen LogP) is 2.66. The number of aromatic amines is 1. The van der Waals surface area contributed by atoms with E-state index in [1.54, 1.807) is 9.80 Å². The van der Waals surface area contributed by atoms with Crippen LogP contribution in [0.4, 0.5) is 0 Å². The van der Waals surface area contributed by atoms with Crippen molar-refractivity contribution >= 4 is 22.7 Å². The molecule has 1 saturated heterocycles. The van der Waals surface area contributed by atoms with Crippen LogP contribution >= 0.6 is 0 Å². The molecule has 5 nitrogen and oxygen atoms in total. The SMILES string of the molecule is CC(C)CCN1CC(=O)N2CCc3c([nH]c4ccccc34)[C@]2(C)C1=O. The maximum Gasteiger partial charge on any atom is 0.254 e. The van der Waals surface area contributed by atoms with E-state index in [2.05, 4.69) is 24.9 Å². The highest BCUT2D eigenvalue weighted by Crippen LogP contribution is 2.41. The molecule has 3 heterocycles. The van der Waals surface area contributed by atoms with Gasteiger partial charge in [-0.25, -0.2) is 0 Å². The predicted molar refractivity (Wildman–Crippen MR) is 97.1 cm³/mol. The molecule has 1 N–H and O–H groups in total. The summed E-state index contributed by atoms with van der Waals surface area (Å²) < 4.78 is 0. The van der Waals surface area contributed by atoms with E-state index in [0.29, 0.717) is 19.0 Å². The zero-order valence-electron chi connectivity index (χ0n) is 15.1. The molecular weight excluding hydrogens is 314 g/mol. The number of fused-ring (bicyclic) bond motifs is 5. The first-order chi connectivity index (χ1) is 11.9. The molecule has 1 fully saturated rings. The summed E-state index contributed by atoms with van der Waals surface area (Å²) in [5.74, 6) is 0.596. The Bertz CT molecular complexity index is 854. The third-order valence-electron chi connectivity index (χ3n) is 5.73. The zero-order chi connectivity index (χ0) is 17.8. The molecule has 25 heavy (non-hydrogen) atoms. The van der Waals surface area contributed by atoms with Crippen molar-refractivity contribution in [3.63, 3.8) is 0 Å². The maximum absolute atomic E-state index is 13.4. The van der Waals surface area contributed by atoms with Crippen molar-refractivity contribution in [3.05, 3.63) is 35.5 Å². The number of carbonyl (C=O) groups is 2. The monoisotopic (exact) mass is 339 g/mol. The Balaban J connectivity index is 1.80. The normalized spacial score (nSPS) is 23.4. The van der Waals surface area contributed by atoms with E-state index in [9.17, 15) is 9.59 Å². The van der Waals surface area contributed by atoms with Crippen LogP contribution < -0.4 is 0 Å². The number of rotatable bonds is 3. The van der Waals surface area contributed by atoms with Crippen molar-refractivity contribution in [1.29, 1.82) is 0 Å². The molecule has 0 radical (unpaired) electrons. The summed E-state index contributed by atoms with van der Waals surface area (Å²) in [6, 6.07) is 8.14. The van der Waals surface area contributed by atoms with Gasteiger partial charge in [-0.15, -0.1) is 0 Å². The molecule has 5 heteroatoms. The van der Waals surface area contributed by atoms with Gasteiger partial charge in [0.1, 0.15) is 0 Å². The van der Waals surface area contributed by atoms with Crippen LogP contribution in [-0.4, -0.2) is 46.2 Å². The van der Waals surface area contributed by atoms with Gasteiger partial charge in [0.15, 0.2) is 5.54 Å². The summed E-state index contributed by atoms with van der Waals surface area (Å²) in [7, 11) is 0. The fourth-order valence-electron chi connectivity index (χ4n) is 4.28. The Morgan fingerprint density at radius 1 is 1.24 bits per heavy atom. The number of benzene rings is 1. The number of nitrogens with one attached hydrogen (secondary N) is 1. The number of aromatic nitrogens is 1. The van der Waals surface area contributed by atoms with Crippen molar-refractivity contribution in [2.45, 2.75) is 39.2 Å². The number of amides is 2. The van der Waals surface area contributed by atoms with Crippen molar-refractivity contribution in [1.82, 2.24) is 14.8 Å². The van der Waals surface area contributed by atoms with Crippen molar-refractivity contribution in [2.24, 2.45) is 5.92 Å². The molecule has 2 aliphatic rings. The maximum atomic E-state index is 13.4. The quantitative estimate of drug-likeness (QED) is 0.935. The molecule has 132 valence electrons. The minimum Gasteiger partial charge on any atom is -0.356 e. The molecule has 0 saturated carbocycles. The van der Waals surface area contributed by atoms with Gasteiger partial charge in [0.2, 0.25) is 5.91 Å². The van der Waals surface area contributed by atoms with Crippen LogP contribution in [0.1, 0.15) is 38.4 Å². The Morgan fingerprint density at radius 2 is 2.00 bits per heavy atom. The van der Waals surface area contributed by atoms with E-state index in [1.165, 1.54) is 5.56 Å². The average Bonchev–Trinajstić information content (AvgIpc) is 2.97. The highest BCUT2D eigenvalue weighted by atomic mass is 16.2. The van der Waals surface area contributed by atoms with E-state index < -0.39 is 5.54 Å². The van der Waals surface area contributed by atoms with Gasteiger partial charge in [-0.1, -0.05) is 32.0 Å². The number of hydrogen-bond donors (Lipinski definition) is 1. The first kappa shape index (κ1) is 16.2. The minimum atomic E-state index is -0.918. The van der Waals surface area contributed by atoms with Crippen LogP contribution in [0.3, 0.4) is 0 Å². The molecular formula is C20H25N3O2. The first-order valence-electron chi connectivity index (χ1n) is 9.13. The molecule has 0 aliphatic carbocycles. The van der Waals surface area contributed by atoms with Gasteiger partial charge < -0.3 is 14.8 Å². The Morgan fingerprint density at radius 3 is 2.76 bits per heavy atom. The molecule has 0 unspecified atom stereocenters.